The van der Waals surface area contributed by atoms with Crippen molar-refractivity contribution in [1.29, 1.82) is 0 Å². The molecule has 1 heterocycles. The molecule has 20 heavy (non-hydrogen) atoms. The van der Waals surface area contributed by atoms with Gasteiger partial charge in [-0.1, -0.05) is 13.8 Å². The maximum absolute atomic E-state index is 12.4. The molecule has 0 unspecified atom stereocenters. The van der Waals surface area contributed by atoms with Crippen LogP contribution in [0.2, 0.25) is 0 Å². The molecule has 1 aliphatic carbocycles. The summed E-state index contributed by atoms with van der Waals surface area (Å²) in [6.07, 6.45) is 5.95. The van der Waals surface area contributed by atoms with Crippen LogP contribution >= 0.6 is 0 Å². The summed E-state index contributed by atoms with van der Waals surface area (Å²) in [5.41, 5.74) is 0.469. The van der Waals surface area contributed by atoms with Crippen LogP contribution in [0.5, 0.6) is 0 Å². The minimum atomic E-state index is 0.302. The summed E-state index contributed by atoms with van der Waals surface area (Å²) in [7, 11) is 2.00. The van der Waals surface area contributed by atoms with Crippen molar-refractivity contribution in [3.05, 3.63) is 0 Å². The van der Waals surface area contributed by atoms with E-state index in [1.165, 1.54) is 12.8 Å². The molecule has 0 aromatic rings. The van der Waals surface area contributed by atoms with E-state index in [2.05, 4.69) is 24.1 Å². The van der Waals surface area contributed by atoms with Gasteiger partial charge in [0.15, 0.2) is 0 Å². The Hall–Kier alpha value is -0.610. The molecule has 1 saturated heterocycles. The first-order valence-corrected chi connectivity index (χ1v) is 8.17. The number of hydrogen-bond acceptors (Lipinski definition) is 3. The van der Waals surface area contributed by atoms with Crippen LogP contribution in [0.1, 0.15) is 46.0 Å². The van der Waals surface area contributed by atoms with E-state index in [1.54, 1.807) is 0 Å². The summed E-state index contributed by atoms with van der Waals surface area (Å²) in [4.78, 5) is 16.8. The average molecular weight is 281 g/mol. The van der Waals surface area contributed by atoms with Crippen LogP contribution < -0.4 is 5.32 Å². The Labute approximate surface area is 123 Å². The SMILES string of the molecule is CN(C(=O)CN1CCCNCC1)C1CCC(C)(C)CC1. The largest absolute Gasteiger partial charge is 0.342 e. The van der Waals surface area contributed by atoms with E-state index in [1.807, 2.05) is 11.9 Å². The quantitative estimate of drug-likeness (QED) is 0.855. The second-order valence-corrected chi connectivity index (χ2v) is 7.28. The van der Waals surface area contributed by atoms with E-state index in [0.29, 0.717) is 23.9 Å². The minimum absolute atomic E-state index is 0.302. The van der Waals surface area contributed by atoms with Crippen LogP contribution in [-0.4, -0.2) is 61.5 Å². The zero-order valence-corrected chi connectivity index (χ0v) is 13.5. The van der Waals surface area contributed by atoms with Gasteiger partial charge in [0.05, 0.1) is 6.54 Å². The van der Waals surface area contributed by atoms with Crippen molar-refractivity contribution in [3.63, 3.8) is 0 Å². The first kappa shape index (κ1) is 15.8. The number of rotatable bonds is 3. The number of likely N-dealkylation sites (N-methyl/N-ethyl adjacent to an activating group) is 1. The monoisotopic (exact) mass is 281 g/mol. The summed E-state index contributed by atoms with van der Waals surface area (Å²) in [5.74, 6) is 0.302. The van der Waals surface area contributed by atoms with E-state index in [0.717, 1.165) is 45.4 Å². The normalized spacial score (nSPS) is 25.1. The molecule has 1 N–H and O–H groups in total. The molecule has 0 bridgehead atoms. The highest BCUT2D eigenvalue weighted by Gasteiger charge is 2.30. The van der Waals surface area contributed by atoms with Gasteiger partial charge in [0.1, 0.15) is 0 Å². The first-order chi connectivity index (χ1) is 9.48. The predicted octanol–water partition coefficient (Wildman–Crippen LogP) is 1.71. The van der Waals surface area contributed by atoms with Crippen molar-refractivity contribution in [2.75, 3.05) is 39.8 Å². The van der Waals surface area contributed by atoms with Gasteiger partial charge in [-0.3, -0.25) is 9.69 Å². The molecule has 0 spiro atoms. The van der Waals surface area contributed by atoms with Gasteiger partial charge in [0.25, 0.3) is 0 Å². The number of carbonyl (C=O) groups is 1. The van der Waals surface area contributed by atoms with Crippen molar-refractivity contribution in [3.8, 4) is 0 Å². The average Bonchev–Trinajstić information content (AvgIpc) is 2.66. The maximum Gasteiger partial charge on any atom is 0.236 e. The van der Waals surface area contributed by atoms with Gasteiger partial charge in [0.2, 0.25) is 5.91 Å². The van der Waals surface area contributed by atoms with Crippen molar-refractivity contribution in [2.45, 2.75) is 52.0 Å². The summed E-state index contributed by atoms with van der Waals surface area (Å²) in [6.45, 7) is 9.41. The second kappa shape index (κ2) is 6.90. The molecular formula is C16H31N3O. The lowest BCUT2D eigenvalue weighted by molar-refractivity contribution is -0.134. The van der Waals surface area contributed by atoms with E-state index < -0.39 is 0 Å². The topological polar surface area (TPSA) is 35.6 Å². The van der Waals surface area contributed by atoms with E-state index in [9.17, 15) is 4.79 Å². The molecule has 0 radical (unpaired) electrons. The first-order valence-electron chi connectivity index (χ1n) is 8.17. The number of hydrogen-bond donors (Lipinski definition) is 1. The molecule has 1 amide bonds. The van der Waals surface area contributed by atoms with Gasteiger partial charge >= 0.3 is 0 Å². The standard InChI is InChI=1S/C16H31N3O/c1-16(2)7-5-14(6-8-16)18(3)15(20)13-19-11-4-9-17-10-12-19/h14,17H,4-13H2,1-3H3. The molecule has 0 atom stereocenters. The van der Waals surface area contributed by atoms with Gasteiger partial charge in [0, 0.05) is 26.2 Å². The van der Waals surface area contributed by atoms with Gasteiger partial charge in [-0.2, -0.15) is 0 Å². The fraction of sp³-hybridized carbons (Fsp3) is 0.938. The number of nitrogens with zero attached hydrogens (tertiary/aromatic N) is 2. The Morgan fingerprint density at radius 3 is 2.65 bits per heavy atom. The Morgan fingerprint density at radius 2 is 1.95 bits per heavy atom. The molecule has 0 aromatic heterocycles. The number of nitrogens with one attached hydrogen (secondary N) is 1. The van der Waals surface area contributed by atoms with Crippen LogP contribution in [-0.2, 0) is 4.79 Å². The van der Waals surface area contributed by atoms with Gasteiger partial charge in [-0.15, -0.1) is 0 Å². The van der Waals surface area contributed by atoms with E-state index in [-0.39, 0.29) is 0 Å². The van der Waals surface area contributed by atoms with Crippen LogP contribution in [0.3, 0.4) is 0 Å². The Morgan fingerprint density at radius 1 is 1.25 bits per heavy atom. The smallest absolute Gasteiger partial charge is 0.236 e. The molecule has 0 aromatic carbocycles. The fourth-order valence-electron chi connectivity index (χ4n) is 3.34. The number of amides is 1. The highest BCUT2D eigenvalue weighted by molar-refractivity contribution is 5.78. The summed E-state index contributed by atoms with van der Waals surface area (Å²) in [5, 5.41) is 3.39. The van der Waals surface area contributed by atoms with E-state index in [4.69, 9.17) is 0 Å². The summed E-state index contributed by atoms with van der Waals surface area (Å²) in [6, 6.07) is 0.459. The second-order valence-electron chi connectivity index (χ2n) is 7.28. The molecule has 2 rings (SSSR count). The van der Waals surface area contributed by atoms with Crippen molar-refractivity contribution >= 4 is 5.91 Å². The molecule has 116 valence electrons. The third-order valence-electron chi connectivity index (χ3n) is 5.04. The molecule has 2 fully saturated rings. The molecular weight excluding hydrogens is 250 g/mol. The zero-order valence-electron chi connectivity index (χ0n) is 13.5. The lowest BCUT2D eigenvalue weighted by Gasteiger charge is -2.39. The minimum Gasteiger partial charge on any atom is -0.342 e. The van der Waals surface area contributed by atoms with Crippen molar-refractivity contribution < 1.29 is 4.79 Å². The third-order valence-corrected chi connectivity index (χ3v) is 5.04. The van der Waals surface area contributed by atoms with Crippen LogP contribution in [0.25, 0.3) is 0 Å². The van der Waals surface area contributed by atoms with Crippen LogP contribution in [0.4, 0.5) is 0 Å². The maximum atomic E-state index is 12.4. The highest BCUT2D eigenvalue weighted by Crippen LogP contribution is 2.36. The summed E-state index contributed by atoms with van der Waals surface area (Å²) >= 11 is 0. The predicted molar refractivity (Wildman–Crippen MR) is 82.7 cm³/mol. The van der Waals surface area contributed by atoms with Crippen LogP contribution in [0, 0.1) is 5.41 Å². The summed E-state index contributed by atoms with van der Waals surface area (Å²) < 4.78 is 0. The fourth-order valence-corrected chi connectivity index (χ4v) is 3.34. The lowest BCUT2D eigenvalue weighted by atomic mass is 9.75. The highest BCUT2D eigenvalue weighted by atomic mass is 16.2. The van der Waals surface area contributed by atoms with Crippen molar-refractivity contribution in [1.82, 2.24) is 15.1 Å². The van der Waals surface area contributed by atoms with Crippen LogP contribution in [0.15, 0.2) is 0 Å². The Bertz CT molecular complexity index is 312. The lowest BCUT2D eigenvalue weighted by Crippen LogP contribution is -2.46. The van der Waals surface area contributed by atoms with Gasteiger partial charge in [-0.05, 0) is 50.6 Å². The molecule has 4 heteroatoms. The molecule has 1 aliphatic heterocycles. The number of carbonyl (C=O) groups excluding carboxylic acids is 1. The Kier molecular flexibility index (Phi) is 5.44. The van der Waals surface area contributed by atoms with Crippen molar-refractivity contribution in [2.24, 2.45) is 5.41 Å². The molecule has 4 nitrogen and oxygen atoms in total. The van der Waals surface area contributed by atoms with E-state index >= 15 is 0 Å². The van der Waals surface area contributed by atoms with Gasteiger partial charge in [-0.25, -0.2) is 0 Å². The zero-order chi connectivity index (χ0) is 14.6. The molecule has 2 aliphatic rings. The molecule has 1 saturated carbocycles. The van der Waals surface area contributed by atoms with Gasteiger partial charge < -0.3 is 10.2 Å². The third kappa shape index (κ3) is 4.45. The Balaban J connectivity index is 1.79.